The van der Waals surface area contributed by atoms with Crippen LogP contribution < -0.4 is 21.3 Å². The van der Waals surface area contributed by atoms with Gasteiger partial charge in [0.05, 0.1) is 125 Å². The van der Waals surface area contributed by atoms with E-state index in [1.54, 1.807) is 66.2 Å². The lowest BCUT2D eigenvalue weighted by atomic mass is 9.97. The van der Waals surface area contributed by atoms with Crippen molar-refractivity contribution in [1.29, 1.82) is 0 Å². The van der Waals surface area contributed by atoms with Gasteiger partial charge in [0.25, 0.3) is 0 Å². The number of piperidine rings is 2. The summed E-state index contributed by atoms with van der Waals surface area (Å²) in [5.41, 5.74) is 27.6. The molecule has 744 valence electrons. The maximum Gasteiger partial charge on any atom is 0.409 e. The Kier molecular flexibility index (Phi) is 36.5. The normalized spacial score (nSPS) is 15.3. The molecule has 141 heavy (non-hydrogen) atoms. The van der Waals surface area contributed by atoms with Gasteiger partial charge >= 0.3 is 36.3 Å². The lowest BCUT2D eigenvalue weighted by Crippen LogP contribution is -2.38. The summed E-state index contributed by atoms with van der Waals surface area (Å²) in [4.78, 5) is 101. The molecule has 0 aliphatic carbocycles. The zero-order valence-electron chi connectivity index (χ0n) is 80.7. The standard InChI is InChI=1S/C28H33ClN4O4.C21H21BrClN3O2.C21H22ClN3O2S.C20H24ClN3O2.C7H6N4S.C7H13NO2/c1-18(16-21-6-4-5-7-23(21)29)33-24-9-8-19-10-15-32(28(35)37-3)17-22(19)25(24)30-27(33)31-13-11-20(12-14-31)26(34)36-2;1-13(11-15-5-3-4-6-17(15)23)26-18-8-7-14-9-10-25(21(27)28-2)12-16(14)19(18)24-20(26)22;1-13(11-15-5-3-4-6-17(15)22)25-18-8-7-14-9-10-24(21(26)27-2)12-16(14)19(18)23-20(25)28;1-13(11-15-5-3-4-6-17(15)21)23-18-8-7-14-9-10-24(20(25)26-2)12-16(14)19(18)22;12-7(10-3-1-8-5-10)11-4-2-9-6-11;1-10-7(9)6-2-4-8-5-3-6/h4-9,18,20H,10-17H2,1-3H3;3-8,13H,9-12H2,1-2H3;3-8,13H,9-12H2,1-2H3,(H,23,28);3-8,13,23H,9-12,22H2,1-2H3;1-6H;6,8H,2-5H2,1H3. The molecule has 30 nitrogen and oxygen atoms in total. The number of carbonyl (C=O) groups is 6. The van der Waals surface area contributed by atoms with Crippen molar-refractivity contribution >= 4 is 179 Å². The molecule has 4 amide bonds. The zero-order valence-corrected chi connectivity index (χ0v) is 86.9. The number of rotatable bonds is 16. The van der Waals surface area contributed by atoms with Crippen molar-refractivity contribution in [2.75, 3.05) is 111 Å². The van der Waals surface area contributed by atoms with Gasteiger partial charge in [-0.1, -0.05) is 143 Å². The summed E-state index contributed by atoms with van der Waals surface area (Å²) in [6.45, 7) is 16.5. The number of aromatic amines is 1. The maximum atomic E-state index is 12.3. The second kappa shape index (κ2) is 49.1. The second-order valence-electron chi connectivity index (χ2n) is 35.6. The van der Waals surface area contributed by atoms with Crippen LogP contribution in [0.15, 0.2) is 188 Å². The maximum absolute atomic E-state index is 12.3. The molecule has 0 bridgehead atoms. The van der Waals surface area contributed by atoms with E-state index in [1.807, 2.05) is 91.0 Å². The molecule has 0 spiro atoms. The van der Waals surface area contributed by atoms with Crippen LogP contribution in [-0.4, -0.2) is 210 Å². The predicted octanol–water partition coefficient (Wildman–Crippen LogP) is 20.7. The van der Waals surface area contributed by atoms with E-state index < -0.39 is 0 Å². The number of nitrogens with zero attached hydrogens (tertiary/aromatic N) is 14. The van der Waals surface area contributed by atoms with Crippen LogP contribution in [0, 0.1) is 16.6 Å². The van der Waals surface area contributed by atoms with Crippen molar-refractivity contribution in [1.82, 2.24) is 72.7 Å². The fourth-order valence-corrected chi connectivity index (χ4v) is 21.3. The van der Waals surface area contributed by atoms with E-state index in [0.29, 0.717) is 67.9 Å². The predicted molar refractivity (Wildman–Crippen MR) is 561 cm³/mol. The number of fused-ring (bicyclic) bond motifs is 10. The lowest BCUT2D eigenvalue weighted by molar-refractivity contribution is -0.147. The third-order valence-electron chi connectivity index (χ3n) is 26.6. The molecule has 19 rings (SSSR count). The highest BCUT2D eigenvalue weighted by Crippen LogP contribution is 2.41. The summed E-state index contributed by atoms with van der Waals surface area (Å²) < 4.78 is 40.8. The van der Waals surface area contributed by atoms with Gasteiger partial charge in [-0.2, -0.15) is 0 Å². The first-order chi connectivity index (χ1) is 68.1. The summed E-state index contributed by atoms with van der Waals surface area (Å²) in [6, 6.07) is 49.1. The van der Waals surface area contributed by atoms with Gasteiger partial charge in [-0.15, -0.1) is 0 Å². The summed E-state index contributed by atoms with van der Waals surface area (Å²) in [7, 11) is 8.55. The largest absolute Gasteiger partial charge is 0.469 e. The third-order valence-corrected chi connectivity index (χ3v) is 29.4. The molecular formula is C104H119BrCl4N18O12S2. The minimum atomic E-state index is -0.320. The number of thiocarbonyl (C=S) groups is 1. The SMILES string of the molecule is COC(=O)C1CCN(c2nc3c4c(ccc3n2C(C)Cc2ccccc2Cl)CCN(C(=O)OC)C4)CC1.COC(=O)C1CCNCC1.COC(=O)N1CCc2ccc(NC(C)Cc3ccccc3Cl)c(N)c2C1.COC(=O)N1CCc2ccc3c([nH]c(=S)n3C(C)Cc3ccccc3Cl)c2C1.COC(=O)N1CCc2ccc3c(nc(Br)n3C(C)Cc3ccccc3Cl)c2C1.S=C(n1ccnc1)n1ccnc1. The molecule has 4 atom stereocenters. The van der Waals surface area contributed by atoms with Crippen molar-refractivity contribution < 1.29 is 57.2 Å². The van der Waals surface area contributed by atoms with E-state index in [2.05, 4.69) is 147 Å². The van der Waals surface area contributed by atoms with Crippen LogP contribution in [0.5, 0.6) is 0 Å². The molecule has 13 aromatic rings. The molecule has 6 aliphatic heterocycles. The van der Waals surface area contributed by atoms with Gasteiger partial charge in [-0.3, -0.25) is 18.7 Å². The number of aromatic nitrogens is 10. The first-order valence-corrected chi connectivity index (χ1v) is 50.2. The van der Waals surface area contributed by atoms with Crippen LogP contribution in [0.1, 0.15) is 138 Å². The molecule has 2 saturated heterocycles. The van der Waals surface area contributed by atoms with E-state index in [-0.39, 0.29) is 72.3 Å². The van der Waals surface area contributed by atoms with E-state index in [4.69, 9.17) is 110 Å². The molecule has 6 aliphatic rings. The highest BCUT2D eigenvalue weighted by Gasteiger charge is 2.35. The Morgan fingerprint density at radius 2 is 0.837 bits per heavy atom. The van der Waals surface area contributed by atoms with E-state index >= 15 is 0 Å². The number of nitrogens with two attached hydrogens (primary N) is 1. The molecule has 5 aromatic heterocycles. The van der Waals surface area contributed by atoms with E-state index in [9.17, 15) is 28.8 Å². The number of ether oxygens (including phenoxy) is 6. The Balaban J connectivity index is 0.000000140. The minimum Gasteiger partial charge on any atom is -0.469 e. The van der Waals surface area contributed by atoms with Crippen molar-refractivity contribution in [3.8, 4) is 0 Å². The van der Waals surface area contributed by atoms with Crippen molar-refractivity contribution in [2.24, 2.45) is 11.8 Å². The fraction of sp³-hybridized carbons (Fsp3) is 0.385. The van der Waals surface area contributed by atoms with Crippen LogP contribution in [0.2, 0.25) is 20.1 Å². The number of H-pyrrole nitrogens is 1. The quantitative estimate of drug-likeness (QED) is 0.0302. The Morgan fingerprint density at radius 1 is 0.461 bits per heavy atom. The Morgan fingerprint density at radius 3 is 1.27 bits per heavy atom. The van der Waals surface area contributed by atoms with Crippen LogP contribution in [0.25, 0.3) is 33.1 Å². The van der Waals surface area contributed by atoms with Crippen molar-refractivity contribution in [3.63, 3.8) is 0 Å². The number of benzene rings is 8. The molecule has 0 saturated carbocycles. The number of nitrogens with one attached hydrogen (secondary N) is 3. The fourth-order valence-electron chi connectivity index (χ4n) is 19.1. The number of amides is 4. The first kappa shape index (κ1) is 105. The number of halogens is 5. The van der Waals surface area contributed by atoms with Gasteiger partial charge in [-0.05, 0) is 257 Å². The number of nitrogen functional groups attached to an aromatic ring is 1. The van der Waals surface area contributed by atoms with Crippen molar-refractivity contribution in [2.45, 2.75) is 155 Å². The zero-order chi connectivity index (χ0) is 100. The molecular weight excluding hydrogens is 1980 g/mol. The van der Waals surface area contributed by atoms with Gasteiger partial charge in [0.2, 0.25) is 5.95 Å². The third kappa shape index (κ3) is 25.2. The topological polar surface area (TPSA) is 316 Å². The number of hydrogen-bond acceptors (Lipinski definition) is 22. The Labute approximate surface area is 859 Å². The lowest BCUT2D eigenvalue weighted by Gasteiger charge is -2.33. The van der Waals surface area contributed by atoms with Gasteiger partial charge < -0.3 is 88.0 Å². The smallest absolute Gasteiger partial charge is 0.409 e. The minimum absolute atomic E-state index is 0.0542. The van der Waals surface area contributed by atoms with Gasteiger partial charge in [0.1, 0.15) is 12.7 Å². The molecule has 8 aromatic carbocycles. The monoisotopic (exact) mass is 2090 g/mol. The number of carbonyl (C=O) groups excluding carboxylic acids is 6. The Hall–Kier alpha value is -12.1. The van der Waals surface area contributed by atoms with Crippen LogP contribution in [0.4, 0.5) is 36.5 Å². The van der Waals surface area contributed by atoms with Gasteiger partial charge in [0, 0.05) is 125 Å². The average molecular weight is 2100 g/mol. The van der Waals surface area contributed by atoms with Crippen LogP contribution in [0.3, 0.4) is 0 Å². The molecule has 4 unspecified atom stereocenters. The summed E-state index contributed by atoms with van der Waals surface area (Å²) in [5, 5.41) is 10.4. The van der Waals surface area contributed by atoms with Gasteiger partial charge in [0.15, 0.2) is 14.6 Å². The molecule has 5 N–H and O–H groups in total. The molecule has 0 radical (unpaired) electrons. The van der Waals surface area contributed by atoms with Gasteiger partial charge in [-0.25, -0.2) is 39.1 Å². The molecule has 2 fully saturated rings. The van der Waals surface area contributed by atoms with E-state index in [1.165, 1.54) is 64.9 Å². The molecule has 11 heterocycles. The second-order valence-corrected chi connectivity index (χ2v) is 38.7. The Bertz CT molecular complexity index is 6630. The van der Waals surface area contributed by atoms with Crippen LogP contribution in [-0.2, 0) is 116 Å². The highest BCUT2D eigenvalue weighted by molar-refractivity contribution is 9.10. The average Bonchev–Trinajstić information content (AvgIpc) is 1.61. The van der Waals surface area contributed by atoms with Crippen molar-refractivity contribution in [3.05, 3.63) is 279 Å². The summed E-state index contributed by atoms with van der Waals surface area (Å²) in [6.07, 6.45) is 18.6. The number of methoxy groups -OCH3 is 6. The van der Waals surface area contributed by atoms with E-state index in [0.717, 1.165) is 217 Å². The number of hydrogen-bond donors (Lipinski definition) is 4. The number of imidazole rings is 5. The first-order valence-electron chi connectivity index (χ1n) is 47.1. The summed E-state index contributed by atoms with van der Waals surface area (Å²) >= 11 is 39.9. The number of esters is 2. The number of anilines is 3. The molecule has 37 heteroatoms. The van der Waals surface area contributed by atoms with Crippen LogP contribution >= 0.6 is 86.8 Å². The summed E-state index contributed by atoms with van der Waals surface area (Å²) in [5.74, 6) is 0.757. The highest BCUT2D eigenvalue weighted by atomic mass is 79.9.